The van der Waals surface area contributed by atoms with Crippen LogP contribution in [0.1, 0.15) is 63.5 Å². The Hall–Kier alpha value is -3.71. The summed E-state index contributed by atoms with van der Waals surface area (Å²) in [7, 11) is 3.86. The molecule has 1 aromatic carbocycles. The van der Waals surface area contributed by atoms with E-state index in [0.29, 0.717) is 25.3 Å². The molecule has 1 amide bonds. The number of carbonyl (C=O) groups excluding carboxylic acids is 2. The van der Waals surface area contributed by atoms with Crippen LogP contribution in [0, 0.1) is 6.92 Å². The number of fused-ring (bicyclic) bond motifs is 1. The maximum atomic E-state index is 12.9. The van der Waals surface area contributed by atoms with E-state index in [1.807, 2.05) is 42.1 Å². The Morgan fingerprint density at radius 2 is 1.86 bits per heavy atom. The lowest BCUT2D eigenvalue weighted by atomic mass is 9.85. The normalized spacial score (nSPS) is 15.8. The van der Waals surface area contributed by atoms with Gasteiger partial charge in [0.05, 0.1) is 17.9 Å². The van der Waals surface area contributed by atoms with Gasteiger partial charge >= 0.3 is 0 Å². The van der Waals surface area contributed by atoms with E-state index >= 15 is 0 Å². The van der Waals surface area contributed by atoms with Crippen molar-refractivity contribution >= 4 is 17.8 Å². The third-order valence-corrected chi connectivity index (χ3v) is 7.31. The topological polar surface area (TPSA) is 79.3 Å². The number of ketones is 1. The van der Waals surface area contributed by atoms with Crippen LogP contribution in [0.15, 0.2) is 49.1 Å². The summed E-state index contributed by atoms with van der Waals surface area (Å²) in [6, 6.07) is 8.58. The molecular formula is C30H33N5O2. The predicted molar refractivity (Wildman–Crippen MR) is 144 cm³/mol. The maximum absolute atomic E-state index is 12.9. The van der Waals surface area contributed by atoms with E-state index in [9.17, 15) is 9.59 Å². The number of aryl methyl sites for hydroxylation is 1. The predicted octanol–water partition coefficient (Wildman–Crippen LogP) is 4.31. The van der Waals surface area contributed by atoms with Crippen molar-refractivity contribution in [3.05, 3.63) is 82.6 Å². The fourth-order valence-electron chi connectivity index (χ4n) is 5.48. The van der Waals surface area contributed by atoms with Gasteiger partial charge in [0.25, 0.3) is 0 Å². The van der Waals surface area contributed by atoms with Crippen molar-refractivity contribution in [2.24, 2.45) is 0 Å². The second kappa shape index (κ2) is 10.7. The molecule has 0 atom stereocenters. The summed E-state index contributed by atoms with van der Waals surface area (Å²) in [5.74, 6) is 0.774. The SMILES string of the molecule is Cc1cc(Cc2nc(-c3cncnc3)cc3c2C(=O)CC=C3)ccc1C1CCN(C(=O)CN(C)C)CC1. The highest BCUT2D eigenvalue weighted by Crippen LogP contribution is 2.32. The standard InChI is InChI=1S/C30H33N5O2/c1-20-13-21(7-8-25(20)22-9-11-35(12-10-22)29(37)18-34(2)3)14-27-30-23(5-4-6-28(30)36)15-26(33-27)24-16-31-19-32-17-24/h4-5,7-8,13,15-17,19,22H,6,9-12,14,18H2,1-3H3. The molecule has 3 heterocycles. The lowest BCUT2D eigenvalue weighted by Gasteiger charge is -2.33. The smallest absolute Gasteiger partial charge is 0.236 e. The van der Waals surface area contributed by atoms with E-state index in [0.717, 1.165) is 59.6 Å². The number of likely N-dealkylation sites (N-methyl/N-ethyl adjacent to an activating group) is 1. The zero-order valence-electron chi connectivity index (χ0n) is 21.8. The fraction of sp³-hybridized carbons (Fsp3) is 0.367. The molecule has 7 heteroatoms. The van der Waals surface area contributed by atoms with Gasteiger partial charge in [-0.05, 0) is 68.1 Å². The van der Waals surface area contributed by atoms with Gasteiger partial charge < -0.3 is 9.80 Å². The summed E-state index contributed by atoms with van der Waals surface area (Å²) < 4.78 is 0. The van der Waals surface area contributed by atoms with Crippen LogP contribution in [0.2, 0.25) is 0 Å². The molecule has 0 spiro atoms. The van der Waals surface area contributed by atoms with E-state index in [2.05, 4.69) is 35.1 Å². The van der Waals surface area contributed by atoms with E-state index in [4.69, 9.17) is 4.98 Å². The Kier molecular flexibility index (Phi) is 7.24. The Bertz CT molecular complexity index is 1340. The molecule has 190 valence electrons. The minimum atomic E-state index is 0.111. The van der Waals surface area contributed by atoms with Gasteiger partial charge in [-0.1, -0.05) is 30.4 Å². The van der Waals surface area contributed by atoms with Gasteiger partial charge in [0.15, 0.2) is 5.78 Å². The van der Waals surface area contributed by atoms with Crippen LogP contribution in [0.25, 0.3) is 17.3 Å². The van der Waals surface area contributed by atoms with Crippen LogP contribution in [0.3, 0.4) is 0 Å². The monoisotopic (exact) mass is 495 g/mol. The number of amides is 1. The molecule has 0 saturated carbocycles. The van der Waals surface area contributed by atoms with Crippen molar-refractivity contribution in [3.63, 3.8) is 0 Å². The molecule has 7 nitrogen and oxygen atoms in total. The summed E-state index contributed by atoms with van der Waals surface area (Å²) in [6.07, 6.45) is 11.9. The molecule has 1 aliphatic heterocycles. The zero-order valence-corrected chi connectivity index (χ0v) is 21.8. The molecule has 0 radical (unpaired) electrons. The van der Waals surface area contributed by atoms with Crippen LogP contribution in [0.5, 0.6) is 0 Å². The van der Waals surface area contributed by atoms with Crippen LogP contribution in [-0.4, -0.2) is 70.2 Å². The second-order valence-electron chi connectivity index (χ2n) is 10.3. The van der Waals surface area contributed by atoms with E-state index in [1.165, 1.54) is 17.5 Å². The number of hydrogen-bond donors (Lipinski definition) is 0. The highest BCUT2D eigenvalue weighted by molar-refractivity contribution is 6.04. The number of aromatic nitrogens is 3. The molecule has 0 bridgehead atoms. The highest BCUT2D eigenvalue weighted by atomic mass is 16.2. The summed E-state index contributed by atoms with van der Waals surface area (Å²) in [5.41, 5.74) is 7.78. The third kappa shape index (κ3) is 5.52. The van der Waals surface area contributed by atoms with Crippen molar-refractivity contribution in [1.82, 2.24) is 24.8 Å². The van der Waals surface area contributed by atoms with Crippen LogP contribution in [0.4, 0.5) is 0 Å². The molecule has 2 aromatic heterocycles. The average molecular weight is 496 g/mol. The zero-order chi connectivity index (χ0) is 25.9. The van der Waals surface area contributed by atoms with E-state index < -0.39 is 0 Å². The fourth-order valence-corrected chi connectivity index (χ4v) is 5.48. The Balaban J connectivity index is 1.36. The first-order chi connectivity index (χ1) is 17.9. The summed E-state index contributed by atoms with van der Waals surface area (Å²) >= 11 is 0. The molecule has 1 aliphatic carbocycles. The molecule has 37 heavy (non-hydrogen) atoms. The Morgan fingerprint density at radius 1 is 1.11 bits per heavy atom. The van der Waals surface area contributed by atoms with Crippen molar-refractivity contribution in [2.45, 2.75) is 38.5 Å². The van der Waals surface area contributed by atoms with Gasteiger partial charge in [0, 0.05) is 49.5 Å². The van der Waals surface area contributed by atoms with Crippen molar-refractivity contribution in [1.29, 1.82) is 0 Å². The number of carbonyl (C=O) groups is 2. The Labute approximate surface area is 218 Å². The first-order valence-corrected chi connectivity index (χ1v) is 12.9. The average Bonchev–Trinajstić information content (AvgIpc) is 2.89. The highest BCUT2D eigenvalue weighted by Gasteiger charge is 2.25. The Morgan fingerprint density at radius 3 is 2.57 bits per heavy atom. The molecule has 3 aromatic rings. The lowest BCUT2D eigenvalue weighted by Crippen LogP contribution is -2.42. The van der Waals surface area contributed by atoms with E-state index in [1.54, 1.807) is 12.4 Å². The number of allylic oxidation sites excluding steroid dienone is 1. The first-order valence-electron chi connectivity index (χ1n) is 12.9. The number of piperidine rings is 1. The quantitative estimate of drug-likeness (QED) is 0.507. The largest absolute Gasteiger partial charge is 0.342 e. The number of rotatable bonds is 6. The number of likely N-dealkylation sites (tertiary alicyclic amines) is 1. The van der Waals surface area contributed by atoms with Gasteiger partial charge in [0.1, 0.15) is 6.33 Å². The molecule has 1 fully saturated rings. The molecule has 5 rings (SSSR count). The number of benzene rings is 1. The third-order valence-electron chi connectivity index (χ3n) is 7.31. The van der Waals surface area contributed by atoms with Crippen molar-refractivity contribution in [3.8, 4) is 11.3 Å². The van der Waals surface area contributed by atoms with Gasteiger partial charge in [-0.2, -0.15) is 0 Å². The molecule has 2 aliphatic rings. The van der Waals surface area contributed by atoms with Gasteiger partial charge in [0.2, 0.25) is 5.91 Å². The van der Waals surface area contributed by atoms with E-state index in [-0.39, 0.29) is 11.7 Å². The number of nitrogens with zero attached hydrogens (tertiary/aromatic N) is 5. The van der Waals surface area contributed by atoms with Crippen LogP contribution in [-0.2, 0) is 11.2 Å². The molecule has 0 N–H and O–H groups in total. The molecular weight excluding hydrogens is 462 g/mol. The van der Waals surface area contributed by atoms with Crippen LogP contribution < -0.4 is 0 Å². The van der Waals surface area contributed by atoms with Gasteiger partial charge in [-0.25, -0.2) is 9.97 Å². The van der Waals surface area contributed by atoms with Gasteiger partial charge in [-0.15, -0.1) is 0 Å². The lowest BCUT2D eigenvalue weighted by molar-refractivity contribution is -0.132. The minimum Gasteiger partial charge on any atom is -0.342 e. The number of hydrogen-bond acceptors (Lipinski definition) is 6. The summed E-state index contributed by atoms with van der Waals surface area (Å²) in [6.45, 7) is 4.24. The van der Waals surface area contributed by atoms with Crippen LogP contribution >= 0.6 is 0 Å². The molecule has 1 saturated heterocycles. The molecule has 0 unspecified atom stereocenters. The van der Waals surface area contributed by atoms with Crippen molar-refractivity contribution in [2.75, 3.05) is 33.7 Å². The summed E-state index contributed by atoms with van der Waals surface area (Å²) in [5, 5.41) is 0. The number of pyridine rings is 1. The minimum absolute atomic E-state index is 0.111. The second-order valence-corrected chi connectivity index (χ2v) is 10.3. The first kappa shape index (κ1) is 25.0. The number of Topliss-reactive ketones (excluding diaryl/α,β-unsaturated/α-hetero) is 1. The summed E-state index contributed by atoms with van der Waals surface area (Å²) in [4.78, 5) is 42.4. The maximum Gasteiger partial charge on any atom is 0.236 e. The van der Waals surface area contributed by atoms with Gasteiger partial charge in [-0.3, -0.25) is 14.6 Å². The van der Waals surface area contributed by atoms with Crippen molar-refractivity contribution < 1.29 is 9.59 Å².